The predicted octanol–water partition coefficient (Wildman–Crippen LogP) is 3.71. The Kier molecular flexibility index (Phi) is 4.40. The SMILES string of the molecule is CCCNc1nc(CC2CCOC2)nc2sc(C)c(C)c12. The molecule has 0 aromatic carbocycles. The number of fused-ring (bicyclic) bond motifs is 1. The van der Waals surface area contributed by atoms with Crippen molar-refractivity contribution in [3.63, 3.8) is 0 Å². The zero-order valence-electron chi connectivity index (χ0n) is 13.0. The fourth-order valence-electron chi connectivity index (χ4n) is 2.76. The molecule has 21 heavy (non-hydrogen) atoms. The highest BCUT2D eigenvalue weighted by atomic mass is 32.1. The first-order valence-corrected chi connectivity index (χ1v) is 8.59. The lowest BCUT2D eigenvalue weighted by Crippen LogP contribution is -2.10. The second kappa shape index (κ2) is 6.28. The van der Waals surface area contributed by atoms with Gasteiger partial charge in [-0.3, -0.25) is 0 Å². The summed E-state index contributed by atoms with van der Waals surface area (Å²) in [6.45, 7) is 9.18. The molecule has 0 saturated carbocycles. The van der Waals surface area contributed by atoms with Gasteiger partial charge in [-0.05, 0) is 38.2 Å². The van der Waals surface area contributed by atoms with Crippen LogP contribution in [-0.4, -0.2) is 29.7 Å². The molecule has 3 rings (SSSR count). The van der Waals surface area contributed by atoms with Gasteiger partial charge < -0.3 is 10.1 Å². The van der Waals surface area contributed by atoms with Crippen LogP contribution >= 0.6 is 11.3 Å². The maximum absolute atomic E-state index is 5.47. The van der Waals surface area contributed by atoms with Crippen molar-refractivity contribution in [3.05, 3.63) is 16.3 Å². The molecule has 1 atom stereocenters. The van der Waals surface area contributed by atoms with Crippen LogP contribution in [0.1, 0.15) is 36.0 Å². The van der Waals surface area contributed by atoms with Crippen LogP contribution in [0.2, 0.25) is 0 Å². The molecule has 2 aromatic rings. The minimum atomic E-state index is 0.573. The molecule has 0 amide bonds. The largest absolute Gasteiger partial charge is 0.381 e. The average molecular weight is 305 g/mol. The van der Waals surface area contributed by atoms with Crippen LogP contribution in [0.15, 0.2) is 0 Å². The Hall–Kier alpha value is -1.20. The lowest BCUT2D eigenvalue weighted by atomic mass is 10.0. The first kappa shape index (κ1) is 14.7. The second-order valence-electron chi connectivity index (χ2n) is 5.81. The lowest BCUT2D eigenvalue weighted by molar-refractivity contribution is 0.185. The van der Waals surface area contributed by atoms with Gasteiger partial charge in [-0.1, -0.05) is 6.92 Å². The van der Waals surface area contributed by atoms with Gasteiger partial charge in [-0.15, -0.1) is 11.3 Å². The molecule has 4 nitrogen and oxygen atoms in total. The molecule has 1 aliphatic heterocycles. The Balaban J connectivity index is 1.97. The minimum absolute atomic E-state index is 0.573. The van der Waals surface area contributed by atoms with E-state index in [2.05, 4.69) is 26.1 Å². The molecular formula is C16H23N3OS. The summed E-state index contributed by atoms with van der Waals surface area (Å²) in [5.41, 5.74) is 1.31. The average Bonchev–Trinajstić information content (AvgIpc) is 3.06. The highest BCUT2D eigenvalue weighted by Crippen LogP contribution is 2.33. The summed E-state index contributed by atoms with van der Waals surface area (Å²) in [7, 11) is 0. The second-order valence-corrected chi connectivity index (χ2v) is 7.02. The Bertz CT molecular complexity index is 632. The van der Waals surface area contributed by atoms with Crippen molar-refractivity contribution < 1.29 is 4.74 Å². The molecule has 1 fully saturated rings. The number of ether oxygens (including phenoxy) is 1. The summed E-state index contributed by atoms with van der Waals surface area (Å²) in [4.78, 5) is 12.1. The van der Waals surface area contributed by atoms with E-state index in [1.54, 1.807) is 11.3 Å². The molecule has 1 unspecified atom stereocenters. The number of nitrogens with zero attached hydrogens (tertiary/aromatic N) is 2. The minimum Gasteiger partial charge on any atom is -0.381 e. The summed E-state index contributed by atoms with van der Waals surface area (Å²) in [6.07, 6.45) is 3.15. The van der Waals surface area contributed by atoms with E-state index in [0.717, 1.165) is 55.5 Å². The molecule has 114 valence electrons. The molecule has 2 aromatic heterocycles. The van der Waals surface area contributed by atoms with Crippen LogP contribution in [0, 0.1) is 19.8 Å². The van der Waals surface area contributed by atoms with Crippen LogP contribution in [-0.2, 0) is 11.2 Å². The first-order chi connectivity index (χ1) is 10.2. The van der Waals surface area contributed by atoms with Crippen LogP contribution in [0.4, 0.5) is 5.82 Å². The molecule has 0 radical (unpaired) electrons. The summed E-state index contributed by atoms with van der Waals surface area (Å²) >= 11 is 1.78. The van der Waals surface area contributed by atoms with Gasteiger partial charge in [-0.2, -0.15) is 0 Å². The zero-order valence-corrected chi connectivity index (χ0v) is 13.8. The Morgan fingerprint density at radius 3 is 2.90 bits per heavy atom. The molecule has 0 spiro atoms. The van der Waals surface area contributed by atoms with Gasteiger partial charge in [0.1, 0.15) is 16.5 Å². The zero-order chi connectivity index (χ0) is 14.8. The maximum Gasteiger partial charge on any atom is 0.138 e. The number of aryl methyl sites for hydroxylation is 2. The number of anilines is 1. The molecule has 1 N–H and O–H groups in total. The summed E-state index contributed by atoms with van der Waals surface area (Å²) in [5, 5.41) is 4.69. The van der Waals surface area contributed by atoms with E-state index in [9.17, 15) is 0 Å². The Labute approximate surface area is 129 Å². The Morgan fingerprint density at radius 1 is 1.33 bits per heavy atom. The normalized spacial score (nSPS) is 18.5. The fraction of sp³-hybridized carbons (Fsp3) is 0.625. The van der Waals surface area contributed by atoms with Crippen molar-refractivity contribution in [1.29, 1.82) is 0 Å². The third-order valence-electron chi connectivity index (χ3n) is 4.11. The smallest absolute Gasteiger partial charge is 0.138 e. The van der Waals surface area contributed by atoms with Crippen LogP contribution in [0.25, 0.3) is 10.2 Å². The molecule has 1 aliphatic rings. The van der Waals surface area contributed by atoms with Gasteiger partial charge >= 0.3 is 0 Å². The molecule has 1 saturated heterocycles. The van der Waals surface area contributed by atoms with Crippen molar-refractivity contribution in [2.75, 3.05) is 25.1 Å². The van der Waals surface area contributed by atoms with Crippen molar-refractivity contribution in [2.45, 2.75) is 40.0 Å². The number of hydrogen-bond acceptors (Lipinski definition) is 5. The number of rotatable bonds is 5. The third-order valence-corrected chi connectivity index (χ3v) is 5.21. The molecule has 0 bridgehead atoms. The summed E-state index contributed by atoms with van der Waals surface area (Å²) in [6, 6.07) is 0. The van der Waals surface area contributed by atoms with Crippen molar-refractivity contribution in [1.82, 2.24) is 9.97 Å². The van der Waals surface area contributed by atoms with Crippen molar-refractivity contribution in [2.24, 2.45) is 5.92 Å². The Morgan fingerprint density at radius 2 is 2.19 bits per heavy atom. The standard InChI is InChI=1S/C16H23N3OS/c1-4-6-17-15-14-10(2)11(3)21-16(14)19-13(18-15)8-12-5-7-20-9-12/h12H,4-9H2,1-3H3,(H,17,18,19). The number of nitrogens with one attached hydrogen (secondary N) is 1. The van der Waals surface area contributed by atoms with Crippen LogP contribution in [0.3, 0.4) is 0 Å². The topological polar surface area (TPSA) is 47.0 Å². The first-order valence-electron chi connectivity index (χ1n) is 7.77. The van der Waals surface area contributed by atoms with Gasteiger partial charge in [0.05, 0.1) is 5.39 Å². The number of aromatic nitrogens is 2. The predicted molar refractivity (Wildman–Crippen MR) is 88.3 cm³/mol. The van der Waals surface area contributed by atoms with E-state index in [-0.39, 0.29) is 0 Å². The van der Waals surface area contributed by atoms with E-state index in [4.69, 9.17) is 14.7 Å². The van der Waals surface area contributed by atoms with E-state index in [0.29, 0.717) is 5.92 Å². The van der Waals surface area contributed by atoms with E-state index in [1.807, 2.05) is 0 Å². The van der Waals surface area contributed by atoms with Gasteiger partial charge in [0.2, 0.25) is 0 Å². The molecular weight excluding hydrogens is 282 g/mol. The molecule has 5 heteroatoms. The fourth-order valence-corrected chi connectivity index (χ4v) is 3.81. The highest BCUT2D eigenvalue weighted by Gasteiger charge is 2.20. The van der Waals surface area contributed by atoms with Crippen LogP contribution < -0.4 is 5.32 Å². The van der Waals surface area contributed by atoms with Gasteiger partial charge in [0.25, 0.3) is 0 Å². The van der Waals surface area contributed by atoms with E-state index < -0.39 is 0 Å². The van der Waals surface area contributed by atoms with Crippen molar-refractivity contribution in [3.8, 4) is 0 Å². The molecule has 3 heterocycles. The lowest BCUT2D eigenvalue weighted by Gasteiger charge is -2.11. The molecule has 0 aliphatic carbocycles. The number of thiophene rings is 1. The van der Waals surface area contributed by atoms with Crippen LogP contribution in [0.5, 0.6) is 0 Å². The quantitative estimate of drug-likeness (QED) is 0.915. The van der Waals surface area contributed by atoms with Crippen molar-refractivity contribution >= 4 is 27.4 Å². The van der Waals surface area contributed by atoms with E-state index in [1.165, 1.54) is 15.8 Å². The summed E-state index contributed by atoms with van der Waals surface area (Å²) in [5.74, 6) is 2.54. The van der Waals surface area contributed by atoms with E-state index >= 15 is 0 Å². The summed E-state index contributed by atoms with van der Waals surface area (Å²) < 4.78 is 5.47. The number of hydrogen-bond donors (Lipinski definition) is 1. The highest BCUT2D eigenvalue weighted by molar-refractivity contribution is 7.18. The third kappa shape index (κ3) is 3.04. The van der Waals surface area contributed by atoms with Gasteiger partial charge in [0, 0.05) is 31.1 Å². The maximum atomic E-state index is 5.47. The monoisotopic (exact) mass is 305 g/mol. The van der Waals surface area contributed by atoms with Gasteiger partial charge in [-0.25, -0.2) is 9.97 Å². The van der Waals surface area contributed by atoms with Gasteiger partial charge in [0.15, 0.2) is 0 Å².